The molecule has 3 aromatic carbocycles. The van der Waals surface area contributed by atoms with Gasteiger partial charge in [0, 0.05) is 27.8 Å². The molecule has 1 aliphatic rings. The molecule has 0 atom stereocenters. The Labute approximate surface area is 197 Å². The van der Waals surface area contributed by atoms with Gasteiger partial charge in [0.05, 0.1) is 5.56 Å². The fourth-order valence-electron chi connectivity index (χ4n) is 3.72. The molecule has 170 valence electrons. The van der Waals surface area contributed by atoms with Crippen molar-refractivity contribution in [2.45, 2.75) is 19.4 Å². The van der Waals surface area contributed by atoms with Crippen molar-refractivity contribution >= 4 is 17.9 Å². The highest BCUT2D eigenvalue weighted by molar-refractivity contribution is 5.96. The molecule has 3 aromatic rings. The molecular formula is C28H22O6. The van der Waals surface area contributed by atoms with Gasteiger partial charge in [-0.15, -0.1) is 0 Å². The summed E-state index contributed by atoms with van der Waals surface area (Å²) in [5.74, 6) is -0.829. The molecule has 6 nitrogen and oxygen atoms in total. The summed E-state index contributed by atoms with van der Waals surface area (Å²) >= 11 is 0. The highest BCUT2D eigenvalue weighted by Crippen LogP contribution is 2.47. The van der Waals surface area contributed by atoms with Gasteiger partial charge in [-0.25, -0.2) is 14.4 Å². The Kier molecular flexibility index (Phi) is 5.90. The first-order valence-corrected chi connectivity index (χ1v) is 10.5. The summed E-state index contributed by atoms with van der Waals surface area (Å²) in [5.41, 5.74) is 1.79. The van der Waals surface area contributed by atoms with Crippen LogP contribution >= 0.6 is 0 Å². The van der Waals surface area contributed by atoms with Crippen LogP contribution in [0.15, 0.2) is 97.1 Å². The number of benzene rings is 3. The van der Waals surface area contributed by atoms with Crippen molar-refractivity contribution in [2.24, 2.45) is 0 Å². The summed E-state index contributed by atoms with van der Waals surface area (Å²) in [6.07, 6.45) is 0. The van der Waals surface area contributed by atoms with Crippen LogP contribution in [0.25, 0.3) is 0 Å². The van der Waals surface area contributed by atoms with Crippen molar-refractivity contribution in [3.05, 3.63) is 119 Å². The number of ether oxygens (including phenoxy) is 3. The molecule has 0 aliphatic carbocycles. The Morgan fingerprint density at radius 2 is 1.18 bits per heavy atom. The Morgan fingerprint density at radius 3 is 1.62 bits per heavy atom. The molecule has 0 aromatic heterocycles. The van der Waals surface area contributed by atoms with Crippen LogP contribution < -0.4 is 9.47 Å². The summed E-state index contributed by atoms with van der Waals surface area (Å²) < 4.78 is 16.6. The predicted octanol–water partition coefficient (Wildman–Crippen LogP) is 5.11. The lowest BCUT2D eigenvalue weighted by molar-refractivity contribution is -0.130. The maximum absolute atomic E-state index is 12.8. The standard InChI is InChI=1S/C28H22O6/c1-17(2)25(29)32-21-13-9-19(10-14-21)28(24-8-6-5-7-23(24)27(31)34-28)20-11-15-22(16-12-20)33-26(30)18(3)4/h5-16H,1,3H2,2,4H3. The molecule has 0 N–H and O–H groups in total. The smallest absolute Gasteiger partial charge is 0.340 e. The second-order valence-corrected chi connectivity index (χ2v) is 8.00. The van der Waals surface area contributed by atoms with E-state index in [1.807, 2.05) is 12.1 Å². The van der Waals surface area contributed by atoms with Crippen LogP contribution in [-0.4, -0.2) is 17.9 Å². The van der Waals surface area contributed by atoms with Crippen molar-refractivity contribution in [3.8, 4) is 11.5 Å². The first-order valence-electron chi connectivity index (χ1n) is 10.5. The SMILES string of the molecule is C=C(C)C(=O)Oc1ccc(C2(c3ccc(OC(=O)C(=C)C)cc3)OC(=O)c3ccccc32)cc1. The average molecular weight is 454 g/mol. The summed E-state index contributed by atoms with van der Waals surface area (Å²) in [4.78, 5) is 36.5. The Hall–Kier alpha value is -4.45. The summed E-state index contributed by atoms with van der Waals surface area (Å²) in [6, 6.07) is 20.7. The number of carbonyl (C=O) groups is 3. The minimum atomic E-state index is -1.23. The molecule has 0 bridgehead atoms. The van der Waals surface area contributed by atoms with Crippen LogP contribution in [0.1, 0.15) is 40.9 Å². The molecule has 0 saturated carbocycles. The number of hydrogen-bond donors (Lipinski definition) is 0. The van der Waals surface area contributed by atoms with Crippen LogP contribution in [-0.2, 0) is 19.9 Å². The van der Waals surface area contributed by atoms with E-state index in [-0.39, 0.29) is 11.1 Å². The fraction of sp³-hybridized carbons (Fsp3) is 0.107. The molecule has 0 amide bonds. The summed E-state index contributed by atoms with van der Waals surface area (Å²) in [6.45, 7) is 10.3. The Morgan fingerprint density at radius 1 is 0.735 bits per heavy atom. The number of hydrogen-bond acceptors (Lipinski definition) is 6. The van der Waals surface area contributed by atoms with E-state index in [9.17, 15) is 14.4 Å². The molecule has 4 rings (SSSR count). The van der Waals surface area contributed by atoms with Crippen molar-refractivity contribution in [2.75, 3.05) is 0 Å². The van der Waals surface area contributed by atoms with Gasteiger partial charge < -0.3 is 14.2 Å². The van der Waals surface area contributed by atoms with Gasteiger partial charge in [-0.2, -0.15) is 0 Å². The molecule has 0 saturated heterocycles. The summed E-state index contributed by atoms with van der Waals surface area (Å²) in [7, 11) is 0. The molecule has 1 aliphatic heterocycles. The molecule has 0 unspecified atom stereocenters. The van der Waals surface area contributed by atoms with E-state index in [2.05, 4.69) is 13.2 Å². The van der Waals surface area contributed by atoms with Crippen LogP contribution in [0.2, 0.25) is 0 Å². The lowest BCUT2D eigenvalue weighted by Crippen LogP contribution is -2.29. The molecule has 0 spiro atoms. The number of carbonyl (C=O) groups excluding carboxylic acids is 3. The second-order valence-electron chi connectivity index (χ2n) is 8.00. The molecule has 6 heteroatoms. The largest absolute Gasteiger partial charge is 0.441 e. The normalized spacial score (nSPS) is 13.4. The van der Waals surface area contributed by atoms with E-state index in [1.165, 1.54) is 0 Å². The van der Waals surface area contributed by atoms with Gasteiger partial charge in [0.25, 0.3) is 0 Å². The molecular weight excluding hydrogens is 432 g/mol. The minimum absolute atomic E-state index is 0.284. The first-order chi connectivity index (χ1) is 16.2. The Bertz CT molecular complexity index is 1240. The average Bonchev–Trinajstić information content (AvgIpc) is 3.13. The number of fused-ring (bicyclic) bond motifs is 1. The van der Waals surface area contributed by atoms with Gasteiger partial charge in [0.2, 0.25) is 0 Å². The van der Waals surface area contributed by atoms with Crippen LogP contribution in [0.4, 0.5) is 0 Å². The molecule has 34 heavy (non-hydrogen) atoms. The summed E-state index contributed by atoms with van der Waals surface area (Å²) in [5, 5.41) is 0. The van der Waals surface area contributed by atoms with E-state index < -0.39 is 23.5 Å². The number of esters is 3. The number of rotatable bonds is 6. The highest BCUT2D eigenvalue weighted by Gasteiger charge is 2.48. The topological polar surface area (TPSA) is 78.9 Å². The number of cyclic esters (lactones) is 1. The zero-order valence-corrected chi connectivity index (χ0v) is 18.8. The minimum Gasteiger partial charge on any atom is -0.441 e. The predicted molar refractivity (Wildman–Crippen MR) is 126 cm³/mol. The van der Waals surface area contributed by atoms with Gasteiger partial charge in [0.15, 0.2) is 5.60 Å². The lowest BCUT2D eigenvalue weighted by atomic mass is 9.80. The van der Waals surface area contributed by atoms with Gasteiger partial charge in [0.1, 0.15) is 11.5 Å². The van der Waals surface area contributed by atoms with Crippen LogP contribution in [0.5, 0.6) is 11.5 Å². The van der Waals surface area contributed by atoms with E-state index in [0.29, 0.717) is 33.8 Å². The zero-order valence-electron chi connectivity index (χ0n) is 18.8. The van der Waals surface area contributed by atoms with E-state index >= 15 is 0 Å². The van der Waals surface area contributed by atoms with Gasteiger partial charge in [-0.3, -0.25) is 0 Å². The van der Waals surface area contributed by atoms with Crippen molar-refractivity contribution in [1.82, 2.24) is 0 Å². The van der Waals surface area contributed by atoms with Crippen LogP contribution in [0, 0.1) is 0 Å². The van der Waals surface area contributed by atoms with Crippen molar-refractivity contribution < 1.29 is 28.6 Å². The lowest BCUT2D eigenvalue weighted by Gasteiger charge is -2.30. The molecule has 1 heterocycles. The maximum Gasteiger partial charge on any atom is 0.340 e. The maximum atomic E-state index is 12.8. The third kappa shape index (κ3) is 4.01. The van der Waals surface area contributed by atoms with Crippen molar-refractivity contribution in [3.63, 3.8) is 0 Å². The molecule has 0 fully saturated rings. The van der Waals surface area contributed by atoms with Gasteiger partial charge in [-0.1, -0.05) is 55.6 Å². The van der Waals surface area contributed by atoms with Crippen LogP contribution in [0.3, 0.4) is 0 Å². The Balaban J connectivity index is 1.78. The van der Waals surface area contributed by atoms with E-state index in [4.69, 9.17) is 14.2 Å². The quantitative estimate of drug-likeness (QED) is 0.293. The van der Waals surface area contributed by atoms with E-state index in [0.717, 1.165) is 0 Å². The van der Waals surface area contributed by atoms with E-state index in [1.54, 1.807) is 74.5 Å². The second kappa shape index (κ2) is 8.83. The third-order valence-electron chi connectivity index (χ3n) is 5.41. The monoisotopic (exact) mass is 454 g/mol. The third-order valence-corrected chi connectivity index (χ3v) is 5.41. The van der Waals surface area contributed by atoms with Crippen molar-refractivity contribution in [1.29, 1.82) is 0 Å². The highest BCUT2D eigenvalue weighted by atomic mass is 16.6. The fourth-order valence-corrected chi connectivity index (χ4v) is 3.72. The van der Waals surface area contributed by atoms with Gasteiger partial charge >= 0.3 is 17.9 Å². The zero-order chi connectivity index (χ0) is 24.5. The first kappa shape index (κ1) is 22.7. The molecule has 0 radical (unpaired) electrons. The van der Waals surface area contributed by atoms with Gasteiger partial charge in [-0.05, 0) is 44.2 Å².